The van der Waals surface area contributed by atoms with Crippen LogP contribution in [0.3, 0.4) is 0 Å². The summed E-state index contributed by atoms with van der Waals surface area (Å²) in [5.41, 5.74) is -0.656. The van der Waals surface area contributed by atoms with Crippen molar-refractivity contribution in [2.75, 3.05) is 0 Å². The van der Waals surface area contributed by atoms with Crippen molar-refractivity contribution < 1.29 is 25.2 Å². The van der Waals surface area contributed by atoms with Gasteiger partial charge in [0.1, 0.15) is 11.5 Å². The van der Waals surface area contributed by atoms with Crippen LogP contribution < -0.4 is 0 Å². The number of aliphatic hydroxyl groups excluding tert-OH is 1. The molecule has 0 radical (unpaired) electrons. The summed E-state index contributed by atoms with van der Waals surface area (Å²) in [6.07, 6.45) is -0.588. The number of phenolic OH excluding ortho intramolecular Hbond substituents is 2. The lowest BCUT2D eigenvalue weighted by Gasteiger charge is -2.20. The first kappa shape index (κ1) is 10.8. The van der Waals surface area contributed by atoms with E-state index in [-0.39, 0.29) is 11.5 Å². The average Bonchev–Trinajstić information content (AvgIpc) is 3.01. The fourth-order valence-electron chi connectivity index (χ4n) is 1.98. The van der Waals surface area contributed by atoms with E-state index in [1.54, 1.807) is 0 Å². The molecule has 4 N–H and O–H groups in total. The van der Waals surface area contributed by atoms with Crippen molar-refractivity contribution in [2.45, 2.75) is 24.4 Å². The molecule has 16 heavy (non-hydrogen) atoms. The SMILES string of the molecule is O=C(O)C(O)C1(c2cc(O)ccc2O)CC1. The van der Waals surface area contributed by atoms with Gasteiger partial charge in [-0.3, -0.25) is 0 Å². The Morgan fingerprint density at radius 2 is 1.94 bits per heavy atom. The standard InChI is InChI=1S/C11H12O5/c12-6-1-2-8(13)7(5-6)11(3-4-11)9(14)10(15)16/h1-2,5,9,12-14H,3-4H2,(H,15,16). The lowest BCUT2D eigenvalue weighted by atomic mass is 9.89. The van der Waals surface area contributed by atoms with Gasteiger partial charge < -0.3 is 20.4 Å². The van der Waals surface area contributed by atoms with Gasteiger partial charge in [0.05, 0.1) is 0 Å². The molecule has 5 heteroatoms. The molecule has 0 bridgehead atoms. The number of aliphatic hydroxyl groups is 1. The number of hydrogen-bond donors (Lipinski definition) is 4. The summed E-state index contributed by atoms with van der Waals surface area (Å²) in [7, 11) is 0. The number of aliphatic carboxylic acids is 1. The number of carbonyl (C=O) groups is 1. The molecule has 1 aliphatic carbocycles. The second-order valence-electron chi connectivity index (χ2n) is 4.10. The predicted octanol–water partition coefficient (Wildman–Crippen LogP) is 0.575. The fraction of sp³-hybridized carbons (Fsp3) is 0.364. The highest BCUT2D eigenvalue weighted by atomic mass is 16.4. The van der Waals surface area contributed by atoms with Crippen molar-refractivity contribution in [3.8, 4) is 11.5 Å². The molecule has 0 aromatic heterocycles. The Morgan fingerprint density at radius 3 is 2.44 bits per heavy atom. The van der Waals surface area contributed by atoms with Crippen LogP contribution in [0.15, 0.2) is 18.2 Å². The minimum Gasteiger partial charge on any atom is -0.508 e. The monoisotopic (exact) mass is 224 g/mol. The molecular weight excluding hydrogens is 212 g/mol. The van der Waals surface area contributed by atoms with E-state index < -0.39 is 17.5 Å². The third-order valence-corrected chi connectivity index (χ3v) is 3.06. The van der Waals surface area contributed by atoms with Crippen LogP contribution in [0, 0.1) is 0 Å². The third-order valence-electron chi connectivity index (χ3n) is 3.06. The largest absolute Gasteiger partial charge is 0.508 e. The van der Waals surface area contributed by atoms with Crippen molar-refractivity contribution in [1.82, 2.24) is 0 Å². The lowest BCUT2D eigenvalue weighted by Crippen LogP contribution is -2.33. The van der Waals surface area contributed by atoms with Crippen molar-refractivity contribution >= 4 is 5.97 Å². The number of benzene rings is 1. The minimum atomic E-state index is -1.56. The molecule has 1 atom stereocenters. The van der Waals surface area contributed by atoms with Crippen LogP contribution in [0.5, 0.6) is 11.5 Å². The first-order chi connectivity index (χ1) is 7.47. The Morgan fingerprint density at radius 1 is 1.31 bits per heavy atom. The molecule has 2 rings (SSSR count). The van der Waals surface area contributed by atoms with Crippen LogP contribution in [0.4, 0.5) is 0 Å². The summed E-state index contributed by atoms with van der Waals surface area (Å²) in [5.74, 6) is -1.48. The number of rotatable bonds is 3. The van der Waals surface area contributed by atoms with E-state index in [9.17, 15) is 20.1 Å². The van der Waals surface area contributed by atoms with Gasteiger partial charge >= 0.3 is 5.97 Å². The van der Waals surface area contributed by atoms with Gasteiger partial charge in [0.15, 0.2) is 6.10 Å². The van der Waals surface area contributed by atoms with Crippen molar-refractivity contribution in [1.29, 1.82) is 0 Å². The second kappa shape index (κ2) is 3.38. The summed E-state index contributed by atoms with van der Waals surface area (Å²) in [6, 6.07) is 3.90. The van der Waals surface area contributed by atoms with E-state index in [1.807, 2.05) is 0 Å². The fourth-order valence-corrected chi connectivity index (χ4v) is 1.98. The topological polar surface area (TPSA) is 98.0 Å². The number of hydrogen-bond acceptors (Lipinski definition) is 4. The molecule has 1 unspecified atom stereocenters. The van der Waals surface area contributed by atoms with Gasteiger partial charge in [-0.1, -0.05) is 0 Å². The molecule has 0 spiro atoms. The van der Waals surface area contributed by atoms with Gasteiger partial charge in [-0.25, -0.2) is 4.79 Å². The Kier molecular flexibility index (Phi) is 2.27. The number of carboxylic acids is 1. The zero-order valence-corrected chi connectivity index (χ0v) is 8.42. The van der Waals surface area contributed by atoms with Gasteiger partial charge in [-0.15, -0.1) is 0 Å². The summed E-state index contributed by atoms with van der Waals surface area (Å²) in [6.45, 7) is 0. The Bertz CT molecular complexity index is 436. The molecule has 0 heterocycles. The van der Waals surface area contributed by atoms with Gasteiger partial charge in [-0.2, -0.15) is 0 Å². The summed E-state index contributed by atoms with van der Waals surface area (Å²) < 4.78 is 0. The molecule has 0 saturated heterocycles. The van der Waals surface area contributed by atoms with Crippen LogP contribution in [-0.4, -0.2) is 32.5 Å². The summed E-state index contributed by atoms with van der Waals surface area (Å²) in [5, 5.41) is 37.3. The highest BCUT2D eigenvalue weighted by molar-refractivity contribution is 5.76. The van der Waals surface area contributed by atoms with Crippen LogP contribution in [-0.2, 0) is 10.2 Å². The zero-order chi connectivity index (χ0) is 11.9. The first-order valence-electron chi connectivity index (χ1n) is 4.91. The van der Waals surface area contributed by atoms with Crippen molar-refractivity contribution in [2.24, 2.45) is 0 Å². The Hall–Kier alpha value is -1.75. The molecule has 0 amide bonds. The molecular formula is C11H12O5. The third kappa shape index (κ3) is 1.49. The predicted molar refractivity (Wildman–Crippen MR) is 54.3 cm³/mol. The van der Waals surface area contributed by atoms with Crippen molar-refractivity contribution in [3.63, 3.8) is 0 Å². The molecule has 86 valence electrons. The van der Waals surface area contributed by atoms with E-state index in [0.717, 1.165) is 0 Å². The average molecular weight is 224 g/mol. The highest BCUT2D eigenvalue weighted by Gasteiger charge is 2.54. The Labute approximate surface area is 91.6 Å². The van der Waals surface area contributed by atoms with Crippen LogP contribution >= 0.6 is 0 Å². The quantitative estimate of drug-likeness (QED) is 0.563. The maximum absolute atomic E-state index is 10.8. The van der Waals surface area contributed by atoms with Gasteiger partial charge in [0.2, 0.25) is 0 Å². The maximum atomic E-state index is 10.8. The van der Waals surface area contributed by atoms with Crippen LogP contribution in [0.2, 0.25) is 0 Å². The van der Waals surface area contributed by atoms with Crippen LogP contribution in [0.1, 0.15) is 18.4 Å². The highest BCUT2D eigenvalue weighted by Crippen LogP contribution is 2.54. The molecule has 5 nitrogen and oxygen atoms in total. The number of phenols is 2. The van der Waals surface area contributed by atoms with Gasteiger partial charge in [0, 0.05) is 11.0 Å². The Balaban J connectivity index is 2.44. The minimum absolute atomic E-state index is 0.0586. The molecule has 0 aliphatic heterocycles. The molecule has 1 aromatic carbocycles. The van der Waals surface area contributed by atoms with Crippen LogP contribution in [0.25, 0.3) is 0 Å². The van der Waals surface area contributed by atoms with E-state index >= 15 is 0 Å². The van der Waals surface area contributed by atoms with E-state index in [1.165, 1.54) is 18.2 Å². The molecule has 1 aliphatic rings. The first-order valence-corrected chi connectivity index (χ1v) is 4.91. The van der Waals surface area contributed by atoms with E-state index in [2.05, 4.69) is 0 Å². The van der Waals surface area contributed by atoms with Gasteiger partial charge in [0.25, 0.3) is 0 Å². The summed E-state index contributed by atoms with van der Waals surface area (Å²) in [4.78, 5) is 10.8. The lowest BCUT2D eigenvalue weighted by molar-refractivity contribution is -0.148. The van der Waals surface area contributed by atoms with E-state index in [0.29, 0.717) is 18.4 Å². The molecule has 1 aromatic rings. The van der Waals surface area contributed by atoms with Crippen molar-refractivity contribution in [3.05, 3.63) is 23.8 Å². The normalized spacial score (nSPS) is 19.1. The maximum Gasteiger partial charge on any atom is 0.333 e. The van der Waals surface area contributed by atoms with E-state index in [4.69, 9.17) is 5.11 Å². The number of carboxylic acid groups (broad SMARTS) is 1. The summed E-state index contributed by atoms with van der Waals surface area (Å²) >= 11 is 0. The molecule has 1 fully saturated rings. The zero-order valence-electron chi connectivity index (χ0n) is 8.42. The molecule has 1 saturated carbocycles. The number of aromatic hydroxyl groups is 2. The second-order valence-corrected chi connectivity index (χ2v) is 4.10. The smallest absolute Gasteiger partial charge is 0.333 e. The van der Waals surface area contributed by atoms with Gasteiger partial charge in [-0.05, 0) is 31.0 Å².